The molecule has 110 valence electrons. The van der Waals surface area contributed by atoms with Gasteiger partial charge < -0.3 is 5.73 Å². The Labute approximate surface area is 121 Å². The Bertz CT molecular complexity index is 777. The van der Waals surface area contributed by atoms with Crippen LogP contribution in [-0.2, 0) is 10.0 Å². The van der Waals surface area contributed by atoms with Crippen LogP contribution >= 0.6 is 0 Å². The molecule has 1 aromatic heterocycles. The van der Waals surface area contributed by atoms with E-state index >= 15 is 0 Å². The van der Waals surface area contributed by atoms with Gasteiger partial charge in [-0.25, -0.2) is 13.4 Å². The average molecular weight is 308 g/mol. The lowest BCUT2D eigenvalue weighted by atomic mass is 10.3. The minimum absolute atomic E-state index is 0.188. The largest absolute Gasteiger partial charge is 0.397 e. The van der Waals surface area contributed by atoms with E-state index in [0.29, 0.717) is 0 Å². The van der Waals surface area contributed by atoms with Crippen molar-refractivity contribution >= 4 is 27.2 Å². The lowest BCUT2D eigenvalue weighted by molar-refractivity contribution is -0.384. The second-order valence-corrected chi connectivity index (χ2v) is 6.08. The zero-order chi connectivity index (χ0) is 15.6. The molecule has 0 amide bonds. The topological polar surface area (TPSA) is 119 Å². The van der Waals surface area contributed by atoms with Crippen molar-refractivity contribution in [2.24, 2.45) is 0 Å². The van der Waals surface area contributed by atoms with Crippen LogP contribution in [0.4, 0.5) is 17.2 Å². The number of pyridine rings is 1. The molecule has 2 aromatic rings. The van der Waals surface area contributed by atoms with Crippen molar-refractivity contribution in [3.05, 3.63) is 52.7 Å². The molecule has 0 bridgehead atoms. The van der Waals surface area contributed by atoms with Gasteiger partial charge in [-0.1, -0.05) is 6.07 Å². The average Bonchev–Trinajstić information content (AvgIpc) is 2.46. The van der Waals surface area contributed by atoms with E-state index in [1.807, 2.05) is 0 Å². The number of nitro groups is 1. The van der Waals surface area contributed by atoms with E-state index in [1.165, 1.54) is 19.3 Å². The maximum Gasteiger partial charge on any atom is 0.271 e. The summed E-state index contributed by atoms with van der Waals surface area (Å²) in [7, 11) is -2.61. The lowest BCUT2D eigenvalue weighted by Crippen LogP contribution is -2.28. The molecule has 2 N–H and O–H groups in total. The summed E-state index contributed by atoms with van der Waals surface area (Å²) in [5.41, 5.74) is 5.17. The van der Waals surface area contributed by atoms with Gasteiger partial charge in [0.2, 0.25) is 0 Å². The third-order valence-electron chi connectivity index (χ3n) is 2.81. The van der Waals surface area contributed by atoms with Gasteiger partial charge >= 0.3 is 0 Å². The van der Waals surface area contributed by atoms with Gasteiger partial charge in [0.05, 0.1) is 10.6 Å². The van der Waals surface area contributed by atoms with Crippen molar-refractivity contribution in [3.8, 4) is 0 Å². The number of hydrogen-bond acceptors (Lipinski definition) is 6. The Balaban J connectivity index is 2.47. The number of nitrogen functional groups attached to an aromatic ring is 1. The number of nitrogens with zero attached hydrogens (tertiary/aromatic N) is 3. The molecule has 0 spiro atoms. The molecule has 21 heavy (non-hydrogen) atoms. The molecular weight excluding hydrogens is 296 g/mol. The van der Waals surface area contributed by atoms with E-state index in [0.717, 1.165) is 22.5 Å². The van der Waals surface area contributed by atoms with E-state index < -0.39 is 14.9 Å². The smallest absolute Gasteiger partial charge is 0.271 e. The molecule has 0 radical (unpaired) electrons. The van der Waals surface area contributed by atoms with E-state index in [-0.39, 0.29) is 22.1 Å². The molecule has 9 heteroatoms. The highest BCUT2D eigenvalue weighted by molar-refractivity contribution is 7.93. The highest BCUT2D eigenvalue weighted by Crippen LogP contribution is 2.27. The van der Waals surface area contributed by atoms with E-state index in [2.05, 4.69) is 4.98 Å². The maximum atomic E-state index is 12.5. The quantitative estimate of drug-likeness (QED) is 0.518. The van der Waals surface area contributed by atoms with Gasteiger partial charge in [0.25, 0.3) is 15.7 Å². The van der Waals surface area contributed by atoms with Crippen molar-refractivity contribution in [2.45, 2.75) is 4.90 Å². The first kappa shape index (κ1) is 14.7. The second-order valence-electron chi connectivity index (χ2n) is 4.14. The highest BCUT2D eigenvalue weighted by Gasteiger charge is 2.25. The standard InChI is InChI=1S/C12H12N4O4S/c1-15(12-4-2-3-7-14-12)21(19,20)11-6-5-9(16(17)18)8-10(11)13/h2-8H,13H2,1H3. The highest BCUT2D eigenvalue weighted by atomic mass is 32.2. The van der Waals surface area contributed by atoms with E-state index in [1.54, 1.807) is 12.1 Å². The summed E-state index contributed by atoms with van der Waals surface area (Å²) in [4.78, 5) is 13.7. The van der Waals surface area contributed by atoms with Crippen molar-refractivity contribution < 1.29 is 13.3 Å². The van der Waals surface area contributed by atoms with Crippen LogP contribution in [0.25, 0.3) is 0 Å². The number of rotatable bonds is 4. The van der Waals surface area contributed by atoms with Crippen LogP contribution in [0.5, 0.6) is 0 Å². The molecule has 0 unspecified atom stereocenters. The fourth-order valence-electron chi connectivity index (χ4n) is 1.70. The predicted octanol–water partition coefficient (Wildman–Crippen LogP) is 1.40. The summed E-state index contributed by atoms with van der Waals surface area (Å²) >= 11 is 0. The molecule has 0 saturated heterocycles. The first-order valence-corrected chi connectivity index (χ1v) is 7.22. The SMILES string of the molecule is CN(c1ccccn1)S(=O)(=O)c1ccc([N+](=O)[O-])cc1N. The summed E-state index contributed by atoms with van der Waals surface area (Å²) in [5.74, 6) is 0.218. The van der Waals surface area contributed by atoms with Gasteiger partial charge in [-0.3, -0.25) is 14.4 Å². The first-order chi connectivity index (χ1) is 9.84. The molecular formula is C12H12N4O4S. The number of anilines is 2. The maximum absolute atomic E-state index is 12.5. The van der Waals surface area contributed by atoms with Crippen LogP contribution in [0.3, 0.4) is 0 Å². The van der Waals surface area contributed by atoms with Gasteiger partial charge in [-0.15, -0.1) is 0 Å². The molecule has 1 heterocycles. The van der Waals surface area contributed by atoms with Gasteiger partial charge in [-0.05, 0) is 18.2 Å². The predicted molar refractivity (Wildman–Crippen MR) is 77.3 cm³/mol. The van der Waals surface area contributed by atoms with Crippen LogP contribution in [-0.4, -0.2) is 25.4 Å². The number of nitro benzene ring substituents is 1. The monoisotopic (exact) mass is 308 g/mol. The van der Waals surface area contributed by atoms with E-state index in [9.17, 15) is 18.5 Å². The van der Waals surface area contributed by atoms with Crippen molar-refractivity contribution in [1.29, 1.82) is 0 Å². The van der Waals surface area contributed by atoms with Crippen LogP contribution in [0.15, 0.2) is 47.5 Å². The third kappa shape index (κ3) is 2.77. The van der Waals surface area contributed by atoms with E-state index in [4.69, 9.17) is 5.73 Å². The lowest BCUT2D eigenvalue weighted by Gasteiger charge is -2.19. The summed E-state index contributed by atoms with van der Waals surface area (Å²) in [6.45, 7) is 0. The van der Waals surface area contributed by atoms with Crippen molar-refractivity contribution in [2.75, 3.05) is 17.1 Å². The first-order valence-electron chi connectivity index (χ1n) is 5.78. The van der Waals surface area contributed by atoms with Gasteiger partial charge in [-0.2, -0.15) is 0 Å². The zero-order valence-corrected chi connectivity index (χ0v) is 11.8. The fourth-order valence-corrected chi connectivity index (χ4v) is 2.94. The molecule has 0 fully saturated rings. The van der Waals surface area contributed by atoms with Crippen molar-refractivity contribution in [1.82, 2.24) is 4.98 Å². The van der Waals surface area contributed by atoms with Crippen LogP contribution < -0.4 is 10.0 Å². The molecule has 2 rings (SSSR count). The van der Waals surface area contributed by atoms with Crippen LogP contribution in [0, 0.1) is 10.1 Å². The van der Waals surface area contributed by atoms with Gasteiger partial charge in [0, 0.05) is 25.4 Å². The molecule has 0 aliphatic carbocycles. The molecule has 0 atom stereocenters. The molecule has 1 aromatic carbocycles. The third-order valence-corrected chi connectivity index (χ3v) is 4.65. The molecule has 8 nitrogen and oxygen atoms in total. The number of nitrogens with two attached hydrogens (primary N) is 1. The Kier molecular flexibility index (Phi) is 3.76. The second kappa shape index (κ2) is 5.37. The molecule has 0 aliphatic rings. The summed E-state index contributed by atoms with van der Waals surface area (Å²) < 4.78 is 25.9. The number of aromatic nitrogens is 1. The number of hydrogen-bond donors (Lipinski definition) is 1. The summed E-state index contributed by atoms with van der Waals surface area (Å²) in [5, 5.41) is 10.6. The normalized spacial score (nSPS) is 11.1. The Morgan fingerprint density at radius 3 is 2.52 bits per heavy atom. The van der Waals surface area contributed by atoms with Gasteiger partial charge in [0.15, 0.2) is 0 Å². The summed E-state index contributed by atoms with van der Waals surface area (Å²) in [6.07, 6.45) is 1.46. The zero-order valence-electron chi connectivity index (χ0n) is 11.0. The molecule has 0 saturated carbocycles. The number of sulfonamides is 1. The van der Waals surface area contributed by atoms with Crippen LogP contribution in [0.1, 0.15) is 0 Å². The minimum Gasteiger partial charge on any atom is -0.397 e. The van der Waals surface area contributed by atoms with Crippen LogP contribution in [0.2, 0.25) is 0 Å². The summed E-state index contributed by atoms with van der Waals surface area (Å²) in [6, 6.07) is 8.05. The van der Waals surface area contributed by atoms with Gasteiger partial charge in [0.1, 0.15) is 10.7 Å². The molecule has 0 aliphatic heterocycles. The Morgan fingerprint density at radius 2 is 2.00 bits per heavy atom. The number of non-ortho nitro benzene ring substituents is 1. The Hall–Kier alpha value is -2.68. The number of benzene rings is 1. The van der Waals surface area contributed by atoms with Crippen molar-refractivity contribution in [3.63, 3.8) is 0 Å². The Morgan fingerprint density at radius 1 is 1.29 bits per heavy atom. The fraction of sp³-hybridized carbons (Fsp3) is 0.0833. The minimum atomic E-state index is -3.94.